The summed E-state index contributed by atoms with van der Waals surface area (Å²) in [7, 11) is 0. The first-order valence-electron chi connectivity index (χ1n) is 11.0. The Morgan fingerprint density at radius 2 is 1.89 bits per heavy atom. The third-order valence-corrected chi connectivity index (χ3v) is 7.20. The van der Waals surface area contributed by atoms with Crippen LogP contribution in [0.4, 0.5) is 5.13 Å². The van der Waals surface area contributed by atoms with Crippen LogP contribution in [0.2, 0.25) is 0 Å². The molecule has 0 aliphatic rings. The molecule has 5 aromatic rings. The lowest BCUT2D eigenvalue weighted by atomic mass is 10.1. The number of benzene rings is 2. The molecule has 0 aliphatic heterocycles. The minimum atomic E-state index is -0.148. The van der Waals surface area contributed by atoms with Crippen molar-refractivity contribution in [2.24, 2.45) is 0 Å². The number of thiazole rings is 1. The maximum Gasteiger partial charge on any atom is 0.236 e. The highest BCUT2D eigenvalue weighted by Gasteiger charge is 2.20. The third-order valence-electron chi connectivity index (χ3n) is 5.36. The fourth-order valence-electron chi connectivity index (χ4n) is 3.60. The highest BCUT2D eigenvalue weighted by atomic mass is 32.2. The average Bonchev–Trinajstić information content (AvgIpc) is 3.61. The Bertz CT molecular complexity index is 1440. The first-order valence-corrected chi connectivity index (χ1v) is 12.9. The van der Waals surface area contributed by atoms with E-state index >= 15 is 0 Å². The minimum Gasteiger partial charge on any atom is -0.461 e. The van der Waals surface area contributed by atoms with Crippen LogP contribution in [0.3, 0.4) is 0 Å². The summed E-state index contributed by atoms with van der Waals surface area (Å²) in [5.74, 6) is 1.23. The Labute approximate surface area is 211 Å². The first kappa shape index (κ1) is 23.1. The number of nitrogens with zero attached hydrogens (tertiary/aromatic N) is 4. The summed E-state index contributed by atoms with van der Waals surface area (Å²) in [4.78, 5) is 18.2. The van der Waals surface area contributed by atoms with Gasteiger partial charge in [0.15, 0.2) is 16.0 Å². The van der Waals surface area contributed by atoms with Crippen molar-refractivity contribution >= 4 is 34.1 Å². The van der Waals surface area contributed by atoms with E-state index in [0.29, 0.717) is 21.9 Å². The van der Waals surface area contributed by atoms with E-state index in [1.807, 2.05) is 54.1 Å². The number of carbonyl (C=O) groups excluding carboxylic acids is 1. The molecule has 9 heteroatoms. The summed E-state index contributed by atoms with van der Waals surface area (Å²) in [6.45, 7) is 4.10. The van der Waals surface area contributed by atoms with E-state index in [9.17, 15) is 4.79 Å². The van der Waals surface area contributed by atoms with E-state index in [0.717, 1.165) is 22.5 Å². The van der Waals surface area contributed by atoms with Crippen LogP contribution >= 0.6 is 23.1 Å². The van der Waals surface area contributed by atoms with Gasteiger partial charge in [-0.1, -0.05) is 59.8 Å². The lowest BCUT2D eigenvalue weighted by Crippen LogP contribution is -2.14. The normalized spacial score (nSPS) is 11.0. The zero-order valence-corrected chi connectivity index (χ0v) is 20.9. The molecule has 2 aromatic carbocycles. The second-order valence-electron chi connectivity index (χ2n) is 8.04. The Morgan fingerprint density at radius 3 is 2.66 bits per heavy atom. The van der Waals surface area contributed by atoms with Gasteiger partial charge in [-0.05, 0) is 43.2 Å². The van der Waals surface area contributed by atoms with Gasteiger partial charge in [-0.25, -0.2) is 4.98 Å². The maximum atomic E-state index is 12.7. The molecule has 0 spiro atoms. The van der Waals surface area contributed by atoms with Crippen LogP contribution in [0.1, 0.15) is 21.6 Å². The standard InChI is InChI=1S/C26H23N5O2S2/c1-17-9-11-19(12-10-17)14-20-15-27-25(35-20)28-23(32)16-34-26-30-29-24(22-8-5-13-33-22)31(26)21-7-4-3-6-18(21)2/h3-13,15H,14,16H2,1-2H3,(H,27,28,32). The van der Waals surface area contributed by atoms with Crippen molar-refractivity contribution in [1.29, 1.82) is 0 Å². The van der Waals surface area contributed by atoms with Crippen LogP contribution in [-0.4, -0.2) is 31.4 Å². The van der Waals surface area contributed by atoms with Crippen LogP contribution in [0.25, 0.3) is 17.3 Å². The molecule has 0 aliphatic carbocycles. The van der Waals surface area contributed by atoms with E-state index < -0.39 is 0 Å². The fourth-order valence-corrected chi connectivity index (χ4v) is 5.21. The maximum absolute atomic E-state index is 12.7. The summed E-state index contributed by atoms with van der Waals surface area (Å²) >= 11 is 2.81. The summed E-state index contributed by atoms with van der Waals surface area (Å²) < 4.78 is 7.50. The van der Waals surface area contributed by atoms with Crippen molar-refractivity contribution in [3.05, 3.63) is 94.7 Å². The molecule has 0 saturated heterocycles. The molecule has 3 heterocycles. The highest BCUT2D eigenvalue weighted by molar-refractivity contribution is 7.99. The predicted octanol–water partition coefficient (Wildman–Crippen LogP) is 5.92. The van der Waals surface area contributed by atoms with Crippen molar-refractivity contribution < 1.29 is 9.21 Å². The summed E-state index contributed by atoms with van der Waals surface area (Å²) in [5.41, 5.74) is 4.46. The number of anilines is 1. The molecule has 1 N–H and O–H groups in total. The van der Waals surface area contributed by atoms with Crippen LogP contribution < -0.4 is 5.32 Å². The topological polar surface area (TPSA) is 85.8 Å². The van der Waals surface area contributed by atoms with Crippen molar-refractivity contribution in [3.63, 3.8) is 0 Å². The fraction of sp³-hybridized carbons (Fsp3) is 0.154. The molecule has 0 atom stereocenters. The van der Waals surface area contributed by atoms with Gasteiger partial charge < -0.3 is 9.73 Å². The number of furan rings is 1. The van der Waals surface area contributed by atoms with Gasteiger partial charge >= 0.3 is 0 Å². The monoisotopic (exact) mass is 501 g/mol. The smallest absolute Gasteiger partial charge is 0.236 e. The number of amides is 1. The SMILES string of the molecule is Cc1ccc(Cc2cnc(NC(=O)CSc3nnc(-c4ccco4)n3-c3ccccc3C)s2)cc1. The third kappa shape index (κ3) is 5.36. The van der Waals surface area contributed by atoms with Crippen LogP contribution in [-0.2, 0) is 11.2 Å². The summed E-state index contributed by atoms with van der Waals surface area (Å²) in [5, 5.41) is 12.8. The average molecular weight is 502 g/mol. The quantitative estimate of drug-likeness (QED) is 0.266. The van der Waals surface area contributed by atoms with Crippen molar-refractivity contribution in [1.82, 2.24) is 19.7 Å². The van der Waals surface area contributed by atoms with Crippen LogP contribution in [0.5, 0.6) is 0 Å². The molecule has 35 heavy (non-hydrogen) atoms. The summed E-state index contributed by atoms with van der Waals surface area (Å²) in [6, 6.07) is 20.1. The van der Waals surface area contributed by atoms with Crippen molar-refractivity contribution in [2.75, 3.05) is 11.1 Å². The van der Waals surface area contributed by atoms with E-state index in [1.165, 1.54) is 34.2 Å². The molecule has 176 valence electrons. The molecule has 0 saturated carbocycles. The van der Waals surface area contributed by atoms with Gasteiger partial charge in [0.2, 0.25) is 11.7 Å². The molecule has 0 radical (unpaired) electrons. The molecular weight excluding hydrogens is 478 g/mol. The molecule has 5 rings (SSSR count). The number of rotatable bonds is 8. The Morgan fingerprint density at radius 1 is 1.06 bits per heavy atom. The lowest BCUT2D eigenvalue weighted by Gasteiger charge is -2.11. The Kier molecular flexibility index (Phi) is 6.78. The van der Waals surface area contributed by atoms with Crippen molar-refractivity contribution in [3.8, 4) is 17.3 Å². The van der Waals surface area contributed by atoms with E-state index in [2.05, 4.69) is 51.7 Å². The number of carbonyl (C=O) groups is 1. The number of nitrogens with one attached hydrogen (secondary N) is 1. The van der Waals surface area contributed by atoms with Gasteiger partial charge in [0, 0.05) is 17.5 Å². The second-order valence-corrected chi connectivity index (χ2v) is 10.1. The van der Waals surface area contributed by atoms with E-state index in [-0.39, 0.29) is 11.7 Å². The predicted molar refractivity (Wildman–Crippen MR) is 139 cm³/mol. The van der Waals surface area contributed by atoms with Gasteiger partial charge in [-0.3, -0.25) is 9.36 Å². The number of thioether (sulfide) groups is 1. The summed E-state index contributed by atoms with van der Waals surface area (Å²) in [6.07, 6.45) is 4.21. The lowest BCUT2D eigenvalue weighted by molar-refractivity contribution is -0.113. The molecule has 0 unspecified atom stereocenters. The number of hydrogen-bond donors (Lipinski definition) is 1. The molecular formula is C26H23N5O2S2. The van der Waals surface area contributed by atoms with E-state index in [4.69, 9.17) is 4.42 Å². The van der Waals surface area contributed by atoms with Crippen LogP contribution in [0.15, 0.2) is 82.7 Å². The number of aryl methyl sites for hydroxylation is 2. The second kappa shape index (κ2) is 10.3. The van der Waals surface area contributed by atoms with Gasteiger partial charge in [-0.15, -0.1) is 21.5 Å². The first-order chi connectivity index (χ1) is 17.1. The van der Waals surface area contributed by atoms with Gasteiger partial charge in [0.1, 0.15) is 0 Å². The zero-order chi connectivity index (χ0) is 24.2. The molecule has 0 fully saturated rings. The number of aromatic nitrogens is 4. The molecule has 0 bridgehead atoms. The molecule has 7 nitrogen and oxygen atoms in total. The molecule has 1 amide bonds. The zero-order valence-electron chi connectivity index (χ0n) is 19.3. The van der Waals surface area contributed by atoms with Gasteiger partial charge in [0.25, 0.3) is 0 Å². The van der Waals surface area contributed by atoms with Crippen LogP contribution in [0, 0.1) is 13.8 Å². The van der Waals surface area contributed by atoms with E-state index in [1.54, 1.807) is 6.26 Å². The van der Waals surface area contributed by atoms with Gasteiger partial charge in [0.05, 0.1) is 17.7 Å². The highest BCUT2D eigenvalue weighted by Crippen LogP contribution is 2.30. The van der Waals surface area contributed by atoms with Gasteiger partial charge in [-0.2, -0.15) is 0 Å². The Hall–Kier alpha value is -3.69. The Balaban J connectivity index is 1.28. The molecule has 3 aromatic heterocycles. The largest absolute Gasteiger partial charge is 0.461 e. The number of hydrogen-bond acceptors (Lipinski definition) is 7. The number of para-hydroxylation sites is 1. The van der Waals surface area contributed by atoms with Crippen molar-refractivity contribution in [2.45, 2.75) is 25.4 Å². The minimum absolute atomic E-state index is 0.148.